The van der Waals surface area contributed by atoms with Crippen LogP contribution in [-0.4, -0.2) is 16.1 Å². The van der Waals surface area contributed by atoms with Crippen molar-refractivity contribution in [1.29, 1.82) is 0 Å². The van der Waals surface area contributed by atoms with Gasteiger partial charge >= 0.3 is 5.97 Å². The Kier molecular flexibility index (Phi) is 2.52. The van der Waals surface area contributed by atoms with Gasteiger partial charge in [0.15, 0.2) is 0 Å². The lowest BCUT2D eigenvalue weighted by molar-refractivity contribution is -0.138. The molecule has 0 radical (unpaired) electrons. The molecular formula is C11H10BrNO2. The molecule has 0 fully saturated rings. The summed E-state index contributed by atoms with van der Waals surface area (Å²) in [4.78, 5) is 13.9. The summed E-state index contributed by atoms with van der Waals surface area (Å²) in [6, 6.07) is 7.70. The summed E-state index contributed by atoms with van der Waals surface area (Å²) in [6.07, 6.45) is 0. The van der Waals surface area contributed by atoms with Crippen molar-refractivity contribution >= 4 is 32.8 Å². The van der Waals surface area contributed by atoms with Gasteiger partial charge in [-0.2, -0.15) is 0 Å². The van der Waals surface area contributed by atoms with Crippen LogP contribution in [0, 0.1) is 0 Å². The van der Waals surface area contributed by atoms with E-state index >= 15 is 0 Å². The largest absolute Gasteiger partial charge is 0.481 e. The van der Waals surface area contributed by atoms with Crippen LogP contribution >= 0.6 is 15.9 Å². The molecule has 0 amide bonds. The lowest BCUT2D eigenvalue weighted by Crippen LogP contribution is -2.07. The maximum absolute atomic E-state index is 10.8. The van der Waals surface area contributed by atoms with E-state index in [9.17, 15) is 4.79 Å². The van der Waals surface area contributed by atoms with E-state index in [0.717, 1.165) is 21.1 Å². The Labute approximate surface area is 95.2 Å². The van der Waals surface area contributed by atoms with Crippen LogP contribution in [0.2, 0.25) is 0 Å². The lowest BCUT2D eigenvalue weighted by atomic mass is 10.1. The summed E-state index contributed by atoms with van der Waals surface area (Å²) in [7, 11) is 0. The Bertz CT molecular complexity index is 518. The summed E-state index contributed by atoms with van der Waals surface area (Å²) < 4.78 is 0.978. The number of aromatic nitrogens is 1. The molecule has 0 bridgehead atoms. The van der Waals surface area contributed by atoms with Gasteiger partial charge in [-0.05, 0) is 30.5 Å². The Hall–Kier alpha value is -1.29. The summed E-state index contributed by atoms with van der Waals surface area (Å²) in [5.74, 6) is -1.32. The lowest BCUT2D eigenvalue weighted by Gasteiger charge is -2.01. The van der Waals surface area contributed by atoms with E-state index in [1.54, 1.807) is 6.92 Å². The highest BCUT2D eigenvalue weighted by atomic mass is 79.9. The quantitative estimate of drug-likeness (QED) is 0.879. The minimum atomic E-state index is -0.819. The van der Waals surface area contributed by atoms with Gasteiger partial charge in [0.1, 0.15) is 0 Å². The van der Waals surface area contributed by atoms with Crippen molar-refractivity contribution < 1.29 is 9.90 Å². The molecule has 0 aliphatic heterocycles. The third-order valence-electron chi connectivity index (χ3n) is 2.44. The third kappa shape index (κ3) is 1.90. The molecule has 0 aliphatic rings. The first-order chi connectivity index (χ1) is 7.08. The first-order valence-electron chi connectivity index (χ1n) is 4.59. The smallest absolute Gasteiger partial charge is 0.312 e. The second-order valence-electron chi connectivity index (χ2n) is 3.52. The standard InChI is InChI=1S/C11H10BrNO2/c1-6(11(14)15)9-4-7-2-3-8(12)5-10(7)13-9/h2-6,13H,1H3,(H,14,15). The number of halogens is 1. The predicted octanol–water partition coefficient (Wildman–Crippen LogP) is 3.12. The first-order valence-corrected chi connectivity index (χ1v) is 5.38. The van der Waals surface area contributed by atoms with Gasteiger partial charge in [-0.25, -0.2) is 0 Å². The monoisotopic (exact) mass is 267 g/mol. The molecular weight excluding hydrogens is 258 g/mol. The number of benzene rings is 1. The van der Waals surface area contributed by atoms with E-state index < -0.39 is 11.9 Å². The van der Waals surface area contributed by atoms with Gasteiger partial charge in [-0.15, -0.1) is 0 Å². The molecule has 1 heterocycles. The molecule has 3 nitrogen and oxygen atoms in total. The van der Waals surface area contributed by atoms with Crippen molar-refractivity contribution in [2.45, 2.75) is 12.8 Å². The van der Waals surface area contributed by atoms with Crippen LogP contribution < -0.4 is 0 Å². The first kappa shape index (κ1) is 10.2. The fourth-order valence-corrected chi connectivity index (χ4v) is 1.85. The Balaban J connectivity index is 2.51. The molecule has 0 spiro atoms. The molecule has 2 aromatic rings. The van der Waals surface area contributed by atoms with Crippen LogP contribution in [0.1, 0.15) is 18.5 Å². The fourth-order valence-electron chi connectivity index (χ4n) is 1.49. The van der Waals surface area contributed by atoms with Gasteiger partial charge in [0.05, 0.1) is 5.92 Å². The van der Waals surface area contributed by atoms with E-state index in [1.165, 1.54) is 0 Å². The molecule has 15 heavy (non-hydrogen) atoms. The van der Waals surface area contributed by atoms with E-state index in [1.807, 2.05) is 24.3 Å². The Morgan fingerprint density at radius 3 is 2.87 bits per heavy atom. The number of hydrogen-bond acceptors (Lipinski definition) is 1. The SMILES string of the molecule is CC(C(=O)O)c1cc2ccc(Br)cc2[nH]1. The number of carboxylic acids is 1. The van der Waals surface area contributed by atoms with Gasteiger partial charge in [-0.1, -0.05) is 22.0 Å². The molecule has 0 aliphatic carbocycles. The van der Waals surface area contributed by atoms with Crippen molar-refractivity contribution in [2.75, 3.05) is 0 Å². The molecule has 2 N–H and O–H groups in total. The van der Waals surface area contributed by atoms with Crippen LogP contribution in [0.4, 0.5) is 0 Å². The van der Waals surface area contributed by atoms with Gasteiger partial charge in [0, 0.05) is 15.7 Å². The average Bonchev–Trinajstić information content (AvgIpc) is 2.58. The molecule has 0 saturated heterocycles. The number of fused-ring (bicyclic) bond motifs is 1. The Morgan fingerprint density at radius 2 is 2.20 bits per heavy atom. The van der Waals surface area contributed by atoms with Crippen LogP contribution in [0.5, 0.6) is 0 Å². The number of carbonyl (C=O) groups is 1. The minimum Gasteiger partial charge on any atom is -0.481 e. The van der Waals surface area contributed by atoms with Crippen molar-refractivity contribution in [2.24, 2.45) is 0 Å². The molecule has 78 valence electrons. The highest BCUT2D eigenvalue weighted by Crippen LogP contribution is 2.24. The van der Waals surface area contributed by atoms with Gasteiger partial charge in [0.2, 0.25) is 0 Å². The highest BCUT2D eigenvalue weighted by Gasteiger charge is 2.15. The highest BCUT2D eigenvalue weighted by molar-refractivity contribution is 9.10. The number of rotatable bonds is 2. The zero-order valence-electron chi connectivity index (χ0n) is 8.12. The van der Waals surface area contributed by atoms with E-state index in [-0.39, 0.29) is 0 Å². The fraction of sp³-hybridized carbons (Fsp3) is 0.182. The summed E-state index contributed by atoms with van der Waals surface area (Å²) >= 11 is 3.37. The number of aliphatic carboxylic acids is 1. The molecule has 0 saturated carbocycles. The number of aromatic amines is 1. The maximum Gasteiger partial charge on any atom is 0.312 e. The number of hydrogen-bond donors (Lipinski definition) is 2. The van der Waals surface area contributed by atoms with Crippen LogP contribution in [0.25, 0.3) is 10.9 Å². The Morgan fingerprint density at radius 1 is 1.47 bits per heavy atom. The molecule has 1 atom stereocenters. The predicted molar refractivity (Wildman–Crippen MR) is 62.0 cm³/mol. The number of nitrogens with one attached hydrogen (secondary N) is 1. The topological polar surface area (TPSA) is 53.1 Å². The normalized spacial score (nSPS) is 12.9. The summed E-state index contributed by atoms with van der Waals surface area (Å²) in [6.45, 7) is 1.67. The second kappa shape index (κ2) is 3.70. The van der Waals surface area contributed by atoms with Crippen molar-refractivity contribution in [3.8, 4) is 0 Å². The maximum atomic E-state index is 10.8. The van der Waals surface area contributed by atoms with Crippen LogP contribution in [0.3, 0.4) is 0 Å². The molecule has 1 aromatic heterocycles. The molecule has 2 rings (SSSR count). The van der Waals surface area contributed by atoms with Crippen LogP contribution in [0.15, 0.2) is 28.7 Å². The van der Waals surface area contributed by atoms with Gasteiger partial charge < -0.3 is 10.1 Å². The third-order valence-corrected chi connectivity index (χ3v) is 2.94. The number of carboxylic acid groups (broad SMARTS) is 1. The van der Waals surface area contributed by atoms with E-state index in [0.29, 0.717) is 0 Å². The van der Waals surface area contributed by atoms with E-state index in [4.69, 9.17) is 5.11 Å². The molecule has 1 aromatic carbocycles. The molecule has 4 heteroatoms. The summed E-state index contributed by atoms with van der Waals surface area (Å²) in [5, 5.41) is 9.91. The van der Waals surface area contributed by atoms with E-state index in [2.05, 4.69) is 20.9 Å². The second-order valence-corrected chi connectivity index (χ2v) is 4.43. The van der Waals surface area contributed by atoms with Gasteiger partial charge in [-0.3, -0.25) is 4.79 Å². The minimum absolute atomic E-state index is 0.504. The number of H-pyrrole nitrogens is 1. The molecule has 1 unspecified atom stereocenters. The zero-order chi connectivity index (χ0) is 11.0. The zero-order valence-corrected chi connectivity index (χ0v) is 9.71. The van der Waals surface area contributed by atoms with Crippen molar-refractivity contribution in [1.82, 2.24) is 4.98 Å². The summed E-state index contributed by atoms with van der Waals surface area (Å²) in [5.41, 5.74) is 1.68. The van der Waals surface area contributed by atoms with Crippen molar-refractivity contribution in [3.05, 3.63) is 34.4 Å². The van der Waals surface area contributed by atoms with Crippen molar-refractivity contribution in [3.63, 3.8) is 0 Å². The van der Waals surface area contributed by atoms with Crippen LogP contribution in [-0.2, 0) is 4.79 Å². The average molecular weight is 268 g/mol. The van der Waals surface area contributed by atoms with Gasteiger partial charge in [0.25, 0.3) is 0 Å².